The number of aryl methyl sites for hydroxylation is 1. The predicted octanol–water partition coefficient (Wildman–Crippen LogP) is 3.23. The number of aromatic nitrogens is 1. The number of piperazine rings is 1. The molecule has 0 unspecified atom stereocenters. The summed E-state index contributed by atoms with van der Waals surface area (Å²) < 4.78 is 47.8. The number of benzene rings is 2. The van der Waals surface area contributed by atoms with Crippen molar-refractivity contribution in [3.63, 3.8) is 0 Å². The summed E-state index contributed by atoms with van der Waals surface area (Å²) in [6.07, 6.45) is 4.12. The lowest BCUT2D eigenvalue weighted by Crippen LogP contribution is -2.44. The van der Waals surface area contributed by atoms with Crippen LogP contribution in [0, 0.1) is 5.82 Å². The van der Waals surface area contributed by atoms with E-state index in [9.17, 15) is 12.8 Å². The first kappa shape index (κ1) is 24.7. The van der Waals surface area contributed by atoms with Gasteiger partial charge in [-0.15, -0.1) is 0 Å². The van der Waals surface area contributed by atoms with E-state index in [1.165, 1.54) is 12.1 Å². The van der Waals surface area contributed by atoms with Gasteiger partial charge in [0, 0.05) is 56.4 Å². The van der Waals surface area contributed by atoms with Crippen LogP contribution in [0.1, 0.15) is 18.4 Å². The Balaban J connectivity index is 1.22. The highest BCUT2D eigenvalue weighted by Gasteiger charge is 2.17. The third-order valence-corrected chi connectivity index (χ3v) is 7.73. The van der Waals surface area contributed by atoms with Gasteiger partial charge in [-0.3, -0.25) is 0 Å². The summed E-state index contributed by atoms with van der Waals surface area (Å²) in [6, 6.07) is 11.8. The van der Waals surface area contributed by atoms with E-state index in [1.807, 2.05) is 30.5 Å². The minimum absolute atomic E-state index is 0.0802. The van der Waals surface area contributed by atoms with Crippen molar-refractivity contribution in [3.8, 4) is 5.75 Å². The van der Waals surface area contributed by atoms with Gasteiger partial charge in [0.05, 0.1) is 11.5 Å². The molecule has 0 spiro atoms. The minimum Gasteiger partial charge on any atom is -0.490 e. The van der Waals surface area contributed by atoms with Gasteiger partial charge in [0.2, 0.25) is 10.0 Å². The molecule has 9 heteroatoms. The molecule has 0 aliphatic carbocycles. The smallest absolute Gasteiger partial charge is 0.240 e. The highest BCUT2D eigenvalue weighted by molar-refractivity contribution is 7.89. The van der Waals surface area contributed by atoms with Gasteiger partial charge in [0.1, 0.15) is 0 Å². The lowest BCUT2D eigenvalue weighted by atomic mass is 10.1. The first-order valence-electron chi connectivity index (χ1n) is 11.8. The highest BCUT2D eigenvalue weighted by Crippen LogP contribution is 2.22. The van der Waals surface area contributed by atoms with Crippen molar-refractivity contribution < 1.29 is 17.5 Å². The zero-order chi connectivity index (χ0) is 24.0. The molecule has 2 heterocycles. The maximum atomic E-state index is 14.5. The van der Waals surface area contributed by atoms with Crippen molar-refractivity contribution >= 4 is 20.9 Å². The largest absolute Gasteiger partial charge is 0.490 e. The Morgan fingerprint density at radius 2 is 1.88 bits per heavy atom. The van der Waals surface area contributed by atoms with Crippen LogP contribution >= 0.6 is 0 Å². The number of likely N-dealkylation sites (N-methyl/N-ethyl adjacent to an activating group) is 1. The van der Waals surface area contributed by atoms with Gasteiger partial charge >= 0.3 is 0 Å². The molecule has 0 saturated carbocycles. The van der Waals surface area contributed by atoms with Gasteiger partial charge in [-0.25, -0.2) is 17.5 Å². The van der Waals surface area contributed by atoms with E-state index in [0.717, 1.165) is 68.1 Å². The van der Waals surface area contributed by atoms with Crippen LogP contribution in [0.2, 0.25) is 0 Å². The molecule has 4 rings (SSSR count). The van der Waals surface area contributed by atoms with Crippen LogP contribution < -0.4 is 9.46 Å². The zero-order valence-electron chi connectivity index (χ0n) is 19.6. The van der Waals surface area contributed by atoms with Crippen LogP contribution in [0.3, 0.4) is 0 Å². The van der Waals surface area contributed by atoms with Crippen LogP contribution in [-0.2, 0) is 16.4 Å². The molecule has 34 heavy (non-hydrogen) atoms. The molecule has 3 aromatic rings. The van der Waals surface area contributed by atoms with Gasteiger partial charge < -0.3 is 19.5 Å². The molecule has 2 N–H and O–H groups in total. The van der Waals surface area contributed by atoms with Crippen molar-refractivity contribution in [1.29, 1.82) is 0 Å². The van der Waals surface area contributed by atoms with Crippen molar-refractivity contribution in [3.05, 3.63) is 60.0 Å². The summed E-state index contributed by atoms with van der Waals surface area (Å²) in [5.41, 5.74) is 2.21. The summed E-state index contributed by atoms with van der Waals surface area (Å²) in [7, 11) is -1.67. The number of para-hydroxylation sites is 1. The van der Waals surface area contributed by atoms with Crippen molar-refractivity contribution in [2.75, 3.05) is 52.9 Å². The number of hydrogen-bond acceptors (Lipinski definition) is 5. The van der Waals surface area contributed by atoms with Crippen LogP contribution in [0.5, 0.6) is 5.75 Å². The number of hydrogen-bond donors (Lipinski definition) is 2. The van der Waals surface area contributed by atoms with E-state index in [4.69, 9.17) is 4.74 Å². The quantitative estimate of drug-likeness (QED) is 0.405. The number of nitrogens with one attached hydrogen (secondary N) is 2. The first-order valence-corrected chi connectivity index (χ1v) is 13.3. The Hall–Kier alpha value is -2.46. The highest BCUT2D eigenvalue weighted by atomic mass is 32.2. The fraction of sp³-hybridized carbons (Fsp3) is 0.440. The zero-order valence-corrected chi connectivity index (χ0v) is 20.4. The van der Waals surface area contributed by atoms with Gasteiger partial charge in [0.15, 0.2) is 11.6 Å². The lowest BCUT2D eigenvalue weighted by molar-refractivity contribution is 0.145. The van der Waals surface area contributed by atoms with E-state index < -0.39 is 15.8 Å². The average Bonchev–Trinajstić information content (AvgIpc) is 3.24. The molecular formula is C25H33FN4O3S. The van der Waals surface area contributed by atoms with Crippen molar-refractivity contribution in [1.82, 2.24) is 19.5 Å². The van der Waals surface area contributed by atoms with Crippen LogP contribution in [0.15, 0.2) is 53.6 Å². The number of sulfonamides is 1. The maximum absolute atomic E-state index is 14.5. The van der Waals surface area contributed by atoms with Crippen LogP contribution in [0.4, 0.5) is 4.39 Å². The Kier molecular flexibility index (Phi) is 8.20. The van der Waals surface area contributed by atoms with Gasteiger partial charge in [-0.1, -0.05) is 18.2 Å². The number of nitrogens with zero attached hydrogens (tertiary/aromatic N) is 2. The minimum atomic E-state index is -3.79. The molecule has 0 bridgehead atoms. The van der Waals surface area contributed by atoms with E-state index >= 15 is 0 Å². The van der Waals surface area contributed by atoms with Gasteiger partial charge in [-0.2, -0.15) is 0 Å². The predicted molar refractivity (Wildman–Crippen MR) is 132 cm³/mol. The number of halogens is 1. The fourth-order valence-corrected chi connectivity index (χ4v) is 5.30. The summed E-state index contributed by atoms with van der Waals surface area (Å²) in [6.45, 7) is 5.75. The molecule has 1 aliphatic rings. The molecule has 7 nitrogen and oxygen atoms in total. The molecule has 0 amide bonds. The number of aromatic amines is 1. The lowest BCUT2D eigenvalue weighted by Gasteiger charge is -2.32. The second-order valence-corrected chi connectivity index (χ2v) is 10.6. The molecule has 0 radical (unpaired) electrons. The van der Waals surface area contributed by atoms with Crippen LogP contribution in [0.25, 0.3) is 10.9 Å². The third kappa shape index (κ3) is 6.35. The van der Waals surface area contributed by atoms with E-state index in [2.05, 4.69) is 26.6 Å². The Morgan fingerprint density at radius 3 is 2.68 bits per heavy atom. The molecule has 1 saturated heterocycles. The Morgan fingerprint density at radius 1 is 1.09 bits per heavy atom. The summed E-state index contributed by atoms with van der Waals surface area (Å²) in [4.78, 5) is 7.80. The fourth-order valence-electron chi connectivity index (χ4n) is 4.21. The number of rotatable bonds is 11. The maximum Gasteiger partial charge on any atom is 0.240 e. The number of fused-ring (bicyclic) bond motifs is 1. The summed E-state index contributed by atoms with van der Waals surface area (Å²) >= 11 is 0. The first-order chi connectivity index (χ1) is 16.4. The molecule has 1 aliphatic heterocycles. The molecular weight excluding hydrogens is 455 g/mol. The average molecular weight is 489 g/mol. The van der Waals surface area contributed by atoms with Crippen molar-refractivity contribution in [2.45, 2.75) is 24.2 Å². The molecule has 1 aromatic heterocycles. The van der Waals surface area contributed by atoms with Gasteiger partial charge in [-0.05, 0) is 56.1 Å². The standard InChI is InChI=1S/C25H33FN4O3S/c1-29-13-15-30(16-14-29)12-5-17-33-25-10-9-21(18-23(25)26)34(31,32)28-11-4-6-20-19-27-24-8-3-2-7-22(20)24/h2-3,7-10,18-19,27-28H,4-6,11-17H2,1H3. The summed E-state index contributed by atoms with van der Waals surface area (Å²) in [5.74, 6) is -0.585. The SMILES string of the molecule is CN1CCN(CCCOc2ccc(S(=O)(=O)NCCCc3c[nH]c4ccccc34)cc2F)CC1. The molecule has 1 fully saturated rings. The van der Waals surface area contributed by atoms with E-state index in [1.54, 1.807) is 0 Å². The molecule has 2 aromatic carbocycles. The topological polar surface area (TPSA) is 77.7 Å². The van der Waals surface area contributed by atoms with Crippen molar-refractivity contribution in [2.24, 2.45) is 0 Å². The van der Waals surface area contributed by atoms with E-state index in [-0.39, 0.29) is 17.2 Å². The molecule has 0 atom stereocenters. The Bertz CT molecular complexity index is 1190. The summed E-state index contributed by atoms with van der Waals surface area (Å²) in [5, 5.41) is 1.14. The second-order valence-electron chi connectivity index (χ2n) is 8.80. The molecule has 184 valence electrons. The van der Waals surface area contributed by atoms with Gasteiger partial charge in [0.25, 0.3) is 0 Å². The third-order valence-electron chi connectivity index (χ3n) is 6.28. The van der Waals surface area contributed by atoms with E-state index in [0.29, 0.717) is 13.0 Å². The Labute approximate surface area is 200 Å². The second kappa shape index (κ2) is 11.3. The normalized spacial score (nSPS) is 15.7. The number of H-pyrrole nitrogens is 1. The number of ether oxygens (including phenoxy) is 1. The monoisotopic (exact) mass is 488 g/mol. The van der Waals surface area contributed by atoms with Crippen LogP contribution in [-0.4, -0.2) is 76.1 Å².